The van der Waals surface area contributed by atoms with Crippen molar-refractivity contribution < 1.29 is 8.78 Å². The van der Waals surface area contributed by atoms with Gasteiger partial charge in [0.25, 0.3) is 0 Å². The van der Waals surface area contributed by atoms with E-state index in [1.54, 1.807) is 12.1 Å². The Morgan fingerprint density at radius 3 is 2.32 bits per heavy atom. The first-order valence-corrected chi connectivity index (χ1v) is 8.08. The molecule has 22 heavy (non-hydrogen) atoms. The Labute approximate surface area is 137 Å². The predicted molar refractivity (Wildman–Crippen MR) is 88.0 cm³/mol. The average Bonchev–Trinajstić information content (AvgIpc) is 2.51. The SMILES string of the molecule is Fc1cc(Br)ccc1CN1CCN(c2ccccc2F)CC1. The summed E-state index contributed by atoms with van der Waals surface area (Å²) < 4.78 is 28.4. The van der Waals surface area contributed by atoms with Crippen molar-refractivity contribution in [2.75, 3.05) is 31.1 Å². The van der Waals surface area contributed by atoms with E-state index in [-0.39, 0.29) is 11.6 Å². The number of rotatable bonds is 3. The fraction of sp³-hybridized carbons (Fsp3) is 0.294. The van der Waals surface area contributed by atoms with E-state index in [9.17, 15) is 8.78 Å². The average molecular weight is 367 g/mol. The molecule has 0 N–H and O–H groups in total. The Kier molecular flexibility index (Phi) is 4.74. The summed E-state index contributed by atoms with van der Waals surface area (Å²) in [4.78, 5) is 4.24. The van der Waals surface area contributed by atoms with Crippen LogP contribution >= 0.6 is 15.9 Å². The maximum atomic E-state index is 13.9. The highest BCUT2D eigenvalue weighted by Gasteiger charge is 2.20. The van der Waals surface area contributed by atoms with Crippen molar-refractivity contribution in [3.05, 3.63) is 64.1 Å². The third-order valence-corrected chi connectivity index (χ3v) is 4.47. The van der Waals surface area contributed by atoms with Gasteiger partial charge in [-0.2, -0.15) is 0 Å². The second-order valence-corrected chi connectivity index (χ2v) is 6.37. The number of halogens is 3. The third-order valence-electron chi connectivity index (χ3n) is 3.97. The lowest BCUT2D eigenvalue weighted by Crippen LogP contribution is -2.46. The van der Waals surface area contributed by atoms with E-state index in [0.29, 0.717) is 17.8 Å². The maximum absolute atomic E-state index is 13.9. The standard InChI is InChI=1S/C17H17BrF2N2/c18-14-6-5-13(16(20)11-14)12-21-7-9-22(10-8-21)17-4-2-1-3-15(17)19/h1-6,11H,7-10,12H2. The lowest BCUT2D eigenvalue weighted by Gasteiger charge is -2.36. The van der Waals surface area contributed by atoms with Crippen LogP contribution < -0.4 is 4.90 Å². The molecule has 116 valence electrons. The third kappa shape index (κ3) is 3.47. The van der Waals surface area contributed by atoms with Crippen LogP contribution in [-0.2, 0) is 6.54 Å². The molecule has 0 unspecified atom stereocenters. The molecule has 0 radical (unpaired) electrons. The Morgan fingerprint density at radius 1 is 0.909 bits per heavy atom. The molecular weight excluding hydrogens is 350 g/mol. The van der Waals surface area contributed by atoms with Gasteiger partial charge >= 0.3 is 0 Å². The smallest absolute Gasteiger partial charge is 0.146 e. The normalized spacial score (nSPS) is 16.0. The Morgan fingerprint density at radius 2 is 1.64 bits per heavy atom. The molecule has 1 aliphatic heterocycles. The zero-order chi connectivity index (χ0) is 15.5. The molecule has 2 aromatic rings. The molecule has 1 saturated heterocycles. The number of hydrogen-bond acceptors (Lipinski definition) is 2. The molecule has 0 aromatic heterocycles. The van der Waals surface area contributed by atoms with Crippen LogP contribution in [0.3, 0.4) is 0 Å². The molecule has 0 saturated carbocycles. The first-order chi connectivity index (χ1) is 10.6. The molecule has 1 fully saturated rings. The molecule has 2 nitrogen and oxygen atoms in total. The predicted octanol–water partition coefficient (Wildman–Crippen LogP) is 4.05. The van der Waals surface area contributed by atoms with Gasteiger partial charge in [0.15, 0.2) is 0 Å². The van der Waals surface area contributed by atoms with Gasteiger partial charge in [0.2, 0.25) is 0 Å². The fourth-order valence-corrected chi connectivity index (χ4v) is 3.08. The lowest BCUT2D eigenvalue weighted by molar-refractivity contribution is 0.246. The highest BCUT2D eigenvalue weighted by molar-refractivity contribution is 9.10. The zero-order valence-electron chi connectivity index (χ0n) is 12.1. The van der Waals surface area contributed by atoms with Gasteiger partial charge in [-0.25, -0.2) is 8.78 Å². The van der Waals surface area contributed by atoms with Crippen LogP contribution in [0.15, 0.2) is 46.9 Å². The van der Waals surface area contributed by atoms with Crippen molar-refractivity contribution in [3.8, 4) is 0 Å². The van der Waals surface area contributed by atoms with Crippen molar-refractivity contribution >= 4 is 21.6 Å². The summed E-state index contributed by atoms with van der Waals surface area (Å²) in [5.74, 6) is -0.374. The molecule has 2 aromatic carbocycles. The van der Waals surface area contributed by atoms with Gasteiger partial charge in [0, 0.05) is 42.8 Å². The van der Waals surface area contributed by atoms with Crippen LogP contribution in [0, 0.1) is 11.6 Å². The quantitative estimate of drug-likeness (QED) is 0.808. The number of hydrogen-bond donors (Lipinski definition) is 0. The number of anilines is 1. The molecule has 0 amide bonds. The number of para-hydroxylation sites is 1. The second-order valence-electron chi connectivity index (χ2n) is 5.45. The summed E-state index contributed by atoms with van der Waals surface area (Å²) in [6, 6.07) is 12.0. The maximum Gasteiger partial charge on any atom is 0.146 e. The van der Waals surface area contributed by atoms with E-state index in [1.807, 2.05) is 23.1 Å². The van der Waals surface area contributed by atoms with Crippen molar-refractivity contribution in [2.24, 2.45) is 0 Å². The van der Waals surface area contributed by atoms with Crippen LogP contribution in [-0.4, -0.2) is 31.1 Å². The van der Waals surface area contributed by atoms with Gasteiger partial charge < -0.3 is 4.90 Å². The van der Waals surface area contributed by atoms with Gasteiger partial charge in [0.1, 0.15) is 11.6 Å². The van der Waals surface area contributed by atoms with Crippen molar-refractivity contribution in [3.63, 3.8) is 0 Å². The Hall–Kier alpha value is -1.46. The van der Waals surface area contributed by atoms with Crippen LogP contribution in [0.1, 0.15) is 5.56 Å². The Balaban J connectivity index is 1.61. The van der Waals surface area contributed by atoms with Crippen LogP contribution in [0.4, 0.5) is 14.5 Å². The molecule has 5 heteroatoms. The molecular formula is C17H17BrF2N2. The lowest BCUT2D eigenvalue weighted by atomic mass is 10.1. The van der Waals surface area contributed by atoms with E-state index < -0.39 is 0 Å². The van der Waals surface area contributed by atoms with Gasteiger partial charge in [-0.05, 0) is 24.3 Å². The minimum Gasteiger partial charge on any atom is -0.367 e. The topological polar surface area (TPSA) is 6.48 Å². The van der Waals surface area contributed by atoms with Gasteiger partial charge in [0.05, 0.1) is 5.69 Å². The molecule has 1 aliphatic rings. The van der Waals surface area contributed by atoms with Crippen LogP contribution in [0.25, 0.3) is 0 Å². The van der Waals surface area contributed by atoms with Crippen LogP contribution in [0.2, 0.25) is 0 Å². The van der Waals surface area contributed by atoms with E-state index in [2.05, 4.69) is 20.8 Å². The minimum absolute atomic E-state index is 0.185. The summed E-state index contributed by atoms with van der Waals surface area (Å²) in [6.07, 6.45) is 0. The summed E-state index contributed by atoms with van der Waals surface area (Å²) in [5, 5.41) is 0. The number of benzene rings is 2. The molecule has 3 rings (SSSR count). The highest BCUT2D eigenvalue weighted by Crippen LogP contribution is 2.22. The van der Waals surface area contributed by atoms with Crippen LogP contribution in [0.5, 0.6) is 0 Å². The number of piperazine rings is 1. The van der Waals surface area contributed by atoms with E-state index >= 15 is 0 Å². The minimum atomic E-state index is -0.189. The highest BCUT2D eigenvalue weighted by atomic mass is 79.9. The van der Waals surface area contributed by atoms with Crippen molar-refractivity contribution in [1.29, 1.82) is 0 Å². The van der Waals surface area contributed by atoms with Crippen molar-refractivity contribution in [2.45, 2.75) is 6.54 Å². The largest absolute Gasteiger partial charge is 0.367 e. The monoisotopic (exact) mass is 366 g/mol. The Bertz CT molecular complexity index is 655. The number of nitrogens with zero attached hydrogens (tertiary/aromatic N) is 2. The summed E-state index contributed by atoms with van der Waals surface area (Å²) in [6.45, 7) is 3.68. The van der Waals surface area contributed by atoms with Gasteiger partial charge in [-0.1, -0.05) is 34.1 Å². The summed E-state index contributed by atoms with van der Waals surface area (Å²) >= 11 is 3.27. The molecule has 0 bridgehead atoms. The van der Waals surface area contributed by atoms with Crippen molar-refractivity contribution in [1.82, 2.24) is 4.90 Å². The second kappa shape index (κ2) is 6.75. The molecule has 0 atom stereocenters. The summed E-state index contributed by atoms with van der Waals surface area (Å²) in [5.41, 5.74) is 1.35. The first-order valence-electron chi connectivity index (χ1n) is 7.29. The molecule has 1 heterocycles. The van der Waals surface area contributed by atoms with E-state index in [4.69, 9.17) is 0 Å². The summed E-state index contributed by atoms with van der Waals surface area (Å²) in [7, 11) is 0. The first kappa shape index (κ1) is 15.4. The van der Waals surface area contributed by atoms with Gasteiger partial charge in [-0.3, -0.25) is 4.90 Å². The molecule has 0 spiro atoms. The van der Waals surface area contributed by atoms with E-state index in [0.717, 1.165) is 30.7 Å². The fourth-order valence-electron chi connectivity index (χ4n) is 2.75. The van der Waals surface area contributed by atoms with Gasteiger partial charge in [-0.15, -0.1) is 0 Å². The van der Waals surface area contributed by atoms with E-state index in [1.165, 1.54) is 12.1 Å². The molecule has 0 aliphatic carbocycles. The zero-order valence-corrected chi connectivity index (χ0v) is 13.7.